The second kappa shape index (κ2) is 7.94. The fourth-order valence-electron chi connectivity index (χ4n) is 1.33. The van der Waals surface area contributed by atoms with Crippen LogP contribution in [0.1, 0.15) is 19.8 Å². The Hall–Kier alpha value is -1.11. The molecule has 1 aliphatic heterocycles. The Bertz CT molecular complexity index is 609. The summed E-state index contributed by atoms with van der Waals surface area (Å²) in [6.07, 6.45) is 8.45. The highest BCUT2D eigenvalue weighted by atomic mass is 32.2. The van der Waals surface area contributed by atoms with Crippen molar-refractivity contribution < 1.29 is 39.1 Å². The smallest absolute Gasteiger partial charge is 0.356 e. The summed E-state index contributed by atoms with van der Waals surface area (Å²) in [6.45, 7) is 2.67. The first kappa shape index (κ1) is 20.9. The summed E-state index contributed by atoms with van der Waals surface area (Å²) in [5.74, 6) is 0. The molecule has 2 N–H and O–H groups in total. The number of hydrogen-bond acceptors (Lipinski definition) is 5. The van der Waals surface area contributed by atoms with Crippen LogP contribution in [0.3, 0.4) is 0 Å². The minimum atomic E-state index is -5.84. The van der Waals surface area contributed by atoms with Gasteiger partial charge in [0.15, 0.2) is 5.37 Å². The monoisotopic (exact) mass is 367 g/mol. The van der Waals surface area contributed by atoms with E-state index < -0.39 is 31.1 Å². The largest absolute Gasteiger partial charge is 0.522 e. The van der Waals surface area contributed by atoms with Gasteiger partial charge >= 0.3 is 15.6 Å². The quantitative estimate of drug-likeness (QED) is 0.575. The molecule has 0 aromatic carbocycles. The molecule has 0 spiro atoms. The van der Waals surface area contributed by atoms with Gasteiger partial charge in [-0.25, -0.2) is 0 Å². The molecule has 1 rings (SSSR count). The van der Waals surface area contributed by atoms with E-state index in [1.165, 1.54) is 6.08 Å². The van der Waals surface area contributed by atoms with E-state index in [2.05, 4.69) is 0 Å². The topological polar surface area (TPSA) is 112 Å². The molecule has 1 aliphatic rings. The number of nitrogens with zero attached hydrogens (tertiary/aromatic N) is 1. The predicted octanol–water partition coefficient (Wildman–Crippen LogP) is 1.78. The van der Waals surface area contributed by atoms with Gasteiger partial charge in [0, 0.05) is 12.7 Å². The van der Waals surface area contributed by atoms with Crippen LogP contribution in [0.15, 0.2) is 24.4 Å². The van der Waals surface area contributed by atoms with Crippen molar-refractivity contribution in [3.63, 3.8) is 0 Å². The number of hydrogen-bond donors (Lipinski definition) is 2. The first-order valence-electron chi connectivity index (χ1n) is 5.91. The highest BCUT2D eigenvalue weighted by Gasteiger charge is 2.44. The molecule has 0 amide bonds. The van der Waals surface area contributed by atoms with Crippen molar-refractivity contribution in [2.75, 3.05) is 6.54 Å². The molecule has 130 valence electrons. The SMILES string of the molecule is CCCCN1C=CC=CC1S(=O)(=O)O.O=S(=O)(O)C(F)(F)F. The van der Waals surface area contributed by atoms with E-state index in [-0.39, 0.29) is 0 Å². The molecule has 0 radical (unpaired) electrons. The van der Waals surface area contributed by atoms with Gasteiger partial charge in [0.2, 0.25) is 0 Å². The maximum absolute atomic E-state index is 11.0. The van der Waals surface area contributed by atoms with Crippen molar-refractivity contribution >= 4 is 20.2 Å². The molecular weight excluding hydrogens is 351 g/mol. The van der Waals surface area contributed by atoms with Crippen molar-refractivity contribution in [2.24, 2.45) is 0 Å². The number of alkyl halides is 3. The molecular formula is C10H16F3NO6S2. The van der Waals surface area contributed by atoms with Gasteiger partial charge in [0.05, 0.1) is 0 Å². The molecule has 0 aromatic heterocycles. The first-order valence-corrected chi connectivity index (χ1v) is 8.85. The average molecular weight is 367 g/mol. The van der Waals surface area contributed by atoms with Crippen LogP contribution < -0.4 is 0 Å². The molecule has 0 saturated heterocycles. The van der Waals surface area contributed by atoms with Crippen LogP contribution in [0.4, 0.5) is 13.2 Å². The highest BCUT2D eigenvalue weighted by Crippen LogP contribution is 2.20. The number of rotatable bonds is 4. The maximum atomic E-state index is 11.0. The Morgan fingerprint density at radius 2 is 1.64 bits per heavy atom. The molecule has 0 saturated carbocycles. The molecule has 1 unspecified atom stereocenters. The number of halogens is 3. The van der Waals surface area contributed by atoms with Gasteiger partial charge in [0.1, 0.15) is 0 Å². The van der Waals surface area contributed by atoms with Crippen LogP contribution in [0, 0.1) is 0 Å². The van der Waals surface area contributed by atoms with Crippen molar-refractivity contribution in [1.82, 2.24) is 4.90 Å². The molecule has 0 aromatic rings. The summed E-state index contributed by atoms with van der Waals surface area (Å²) < 4.78 is 88.5. The second-order valence-corrected chi connectivity index (χ2v) is 7.07. The highest BCUT2D eigenvalue weighted by molar-refractivity contribution is 7.86. The Kier molecular flexibility index (Phi) is 7.54. The lowest BCUT2D eigenvalue weighted by molar-refractivity contribution is -0.0510. The van der Waals surface area contributed by atoms with Crippen molar-refractivity contribution in [3.05, 3.63) is 24.4 Å². The minimum absolute atomic E-state index is 0.641. The lowest BCUT2D eigenvalue weighted by Crippen LogP contribution is -2.37. The van der Waals surface area contributed by atoms with E-state index in [0.29, 0.717) is 6.54 Å². The Morgan fingerprint density at radius 3 is 2.00 bits per heavy atom. The van der Waals surface area contributed by atoms with E-state index in [9.17, 15) is 21.6 Å². The molecule has 7 nitrogen and oxygen atoms in total. The summed E-state index contributed by atoms with van der Waals surface area (Å²) in [4.78, 5) is 1.62. The van der Waals surface area contributed by atoms with Crippen molar-refractivity contribution in [1.29, 1.82) is 0 Å². The summed E-state index contributed by atoms with van der Waals surface area (Å²) >= 11 is 0. The summed E-state index contributed by atoms with van der Waals surface area (Å²) in [5, 5.41) is -0.918. The van der Waals surface area contributed by atoms with E-state index >= 15 is 0 Å². The zero-order valence-electron chi connectivity index (χ0n) is 11.4. The average Bonchev–Trinajstić information content (AvgIpc) is 2.34. The molecule has 22 heavy (non-hydrogen) atoms. The molecule has 12 heteroatoms. The van der Waals surface area contributed by atoms with Crippen LogP contribution in [-0.2, 0) is 20.2 Å². The first-order chi connectivity index (χ1) is 9.80. The van der Waals surface area contributed by atoms with Gasteiger partial charge < -0.3 is 4.90 Å². The number of allylic oxidation sites excluding steroid dienone is 2. The van der Waals surface area contributed by atoms with Gasteiger partial charge in [0.25, 0.3) is 10.1 Å². The molecule has 0 bridgehead atoms. The number of unbranched alkanes of at least 4 members (excludes halogenated alkanes) is 1. The summed E-state index contributed by atoms with van der Waals surface area (Å²) in [6, 6.07) is 0. The Morgan fingerprint density at radius 1 is 1.14 bits per heavy atom. The summed E-state index contributed by atoms with van der Waals surface area (Å²) in [7, 11) is -9.86. The van der Waals surface area contributed by atoms with E-state index in [4.69, 9.17) is 17.5 Å². The van der Waals surface area contributed by atoms with E-state index in [1.54, 1.807) is 23.3 Å². The van der Waals surface area contributed by atoms with Crippen LogP contribution >= 0.6 is 0 Å². The van der Waals surface area contributed by atoms with Crippen molar-refractivity contribution in [3.8, 4) is 0 Å². The van der Waals surface area contributed by atoms with Crippen LogP contribution in [0.2, 0.25) is 0 Å². The zero-order valence-corrected chi connectivity index (χ0v) is 13.1. The van der Waals surface area contributed by atoms with Crippen LogP contribution in [0.5, 0.6) is 0 Å². The normalized spacial score (nSPS) is 18.8. The Balaban J connectivity index is 0.000000472. The fourth-order valence-corrected chi connectivity index (χ4v) is 2.13. The van der Waals surface area contributed by atoms with E-state index in [1.807, 2.05) is 6.92 Å². The van der Waals surface area contributed by atoms with Gasteiger partial charge in [-0.15, -0.1) is 0 Å². The van der Waals surface area contributed by atoms with Gasteiger partial charge in [-0.2, -0.15) is 30.0 Å². The predicted molar refractivity (Wildman–Crippen MR) is 72.8 cm³/mol. The zero-order chi connectivity index (χ0) is 17.6. The molecule has 0 aliphatic carbocycles. The molecule has 1 heterocycles. The van der Waals surface area contributed by atoms with Gasteiger partial charge in [-0.3, -0.25) is 9.11 Å². The minimum Gasteiger partial charge on any atom is -0.356 e. The lowest BCUT2D eigenvalue weighted by Gasteiger charge is -2.27. The third-order valence-corrected chi connectivity index (χ3v) is 3.98. The second-order valence-electron chi connectivity index (χ2n) is 4.14. The van der Waals surface area contributed by atoms with Crippen LogP contribution in [0.25, 0.3) is 0 Å². The standard InChI is InChI=1S/C9H15NO3S.CHF3O3S/c1-2-3-7-10-8-5-4-6-9(10)14(11,12)13;2-1(3,4)8(5,6)7/h4-6,8-9H,2-3,7H2,1H3,(H,11,12,13);(H,5,6,7). The lowest BCUT2D eigenvalue weighted by atomic mass is 10.3. The molecule has 1 atom stereocenters. The molecule has 0 fully saturated rings. The van der Waals surface area contributed by atoms with Gasteiger partial charge in [-0.05, 0) is 18.6 Å². The maximum Gasteiger partial charge on any atom is 0.522 e. The van der Waals surface area contributed by atoms with Gasteiger partial charge in [-0.1, -0.05) is 19.4 Å². The third-order valence-electron chi connectivity index (χ3n) is 2.36. The van der Waals surface area contributed by atoms with E-state index in [0.717, 1.165) is 12.8 Å². The fraction of sp³-hybridized carbons (Fsp3) is 0.600. The Labute approximate surface area is 126 Å². The third kappa shape index (κ3) is 7.24. The van der Waals surface area contributed by atoms with Crippen molar-refractivity contribution in [2.45, 2.75) is 30.6 Å². The van der Waals surface area contributed by atoms with Crippen LogP contribution in [-0.4, -0.2) is 48.3 Å². The summed E-state index contributed by atoms with van der Waals surface area (Å²) in [5.41, 5.74) is -5.53.